The van der Waals surface area contributed by atoms with Crippen LogP contribution < -0.4 is 0 Å². The van der Waals surface area contributed by atoms with Gasteiger partial charge in [-0.1, -0.05) is 184 Å². The first-order chi connectivity index (χ1) is 29.0. The van der Waals surface area contributed by atoms with Crippen LogP contribution in [0.1, 0.15) is 206 Å². The third-order valence-electron chi connectivity index (χ3n) is 10.4. The number of hydrogen-bond acceptors (Lipinski definition) is 7. The summed E-state index contributed by atoms with van der Waals surface area (Å²) in [6, 6.07) is 0. The van der Waals surface area contributed by atoms with Crippen LogP contribution in [-0.4, -0.2) is 74.9 Å². The van der Waals surface area contributed by atoms with E-state index < -0.39 is 26.5 Å². The normalized spacial score (nSPS) is 13.9. The summed E-state index contributed by atoms with van der Waals surface area (Å²) >= 11 is 0. The Labute approximate surface area is 369 Å². The maximum atomic E-state index is 12.7. The molecule has 0 rings (SSSR count). The summed E-state index contributed by atoms with van der Waals surface area (Å²) in [6.07, 6.45) is 50.1. The average Bonchev–Trinajstić information content (AvgIpc) is 3.20. The molecule has 1 N–H and O–H groups in total. The molecule has 2 atom stereocenters. The third-order valence-corrected chi connectivity index (χ3v) is 11.3. The number of esters is 2. The molecular formula is C50H93NO8P+. The highest BCUT2D eigenvalue weighted by Gasteiger charge is 2.27. The molecule has 0 aromatic carbocycles. The van der Waals surface area contributed by atoms with E-state index in [0.717, 1.165) is 57.8 Å². The Morgan fingerprint density at radius 3 is 1.37 bits per heavy atom. The first-order valence-corrected chi connectivity index (χ1v) is 25.9. The van der Waals surface area contributed by atoms with E-state index in [-0.39, 0.29) is 32.0 Å². The Hall–Kier alpha value is -2.03. The highest BCUT2D eigenvalue weighted by atomic mass is 31.2. The number of nitrogens with zero attached hydrogens (tertiary/aromatic N) is 1. The van der Waals surface area contributed by atoms with E-state index in [2.05, 4.69) is 62.5 Å². The summed E-state index contributed by atoms with van der Waals surface area (Å²) in [5, 5.41) is 0. The number of hydrogen-bond donors (Lipinski definition) is 1. The van der Waals surface area contributed by atoms with Crippen LogP contribution in [0.25, 0.3) is 0 Å². The first-order valence-electron chi connectivity index (χ1n) is 24.4. The molecule has 350 valence electrons. The van der Waals surface area contributed by atoms with Crippen LogP contribution in [0.4, 0.5) is 0 Å². The predicted octanol–water partition coefficient (Wildman–Crippen LogP) is 14.2. The van der Waals surface area contributed by atoms with Crippen molar-refractivity contribution in [1.29, 1.82) is 0 Å². The lowest BCUT2D eigenvalue weighted by atomic mass is 10.0. The molecule has 0 fully saturated rings. The lowest BCUT2D eigenvalue weighted by Gasteiger charge is -2.24. The molecule has 0 saturated carbocycles. The number of phosphoric acid groups is 1. The number of rotatable bonds is 44. The zero-order valence-electron chi connectivity index (χ0n) is 39.4. The molecule has 0 amide bonds. The van der Waals surface area contributed by atoms with Crippen molar-refractivity contribution in [3.63, 3.8) is 0 Å². The number of carbonyl (C=O) groups excluding carboxylic acids is 2. The van der Waals surface area contributed by atoms with Gasteiger partial charge in [0.2, 0.25) is 0 Å². The first kappa shape index (κ1) is 58.0. The fraction of sp³-hybridized carbons (Fsp3) is 0.800. The number of allylic oxidation sites excluding steroid dienone is 8. The summed E-state index contributed by atoms with van der Waals surface area (Å²) in [5.41, 5.74) is 0. The lowest BCUT2D eigenvalue weighted by molar-refractivity contribution is -0.870. The van der Waals surface area contributed by atoms with Gasteiger partial charge in [-0.05, 0) is 57.8 Å². The minimum Gasteiger partial charge on any atom is -0.462 e. The van der Waals surface area contributed by atoms with E-state index in [1.54, 1.807) is 0 Å². The summed E-state index contributed by atoms with van der Waals surface area (Å²) in [4.78, 5) is 35.5. The molecule has 0 aromatic rings. The van der Waals surface area contributed by atoms with Crippen LogP contribution in [-0.2, 0) is 32.7 Å². The Bertz CT molecular complexity index is 1160. The highest BCUT2D eigenvalue weighted by Crippen LogP contribution is 2.43. The van der Waals surface area contributed by atoms with Crippen molar-refractivity contribution in [2.75, 3.05) is 47.5 Å². The monoisotopic (exact) mass is 867 g/mol. The number of phosphoric ester groups is 1. The SMILES string of the molecule is CCCCC/C=C/C/C=C/C/C=C/C/C=C/CCCCCC(=O)O[C@H](COC(=O)CCCCCCCCCCCCCCCCCCC)COP(=O)(O)OCC[N+](C)(C)C. The van der Waals surface area contributed by atoms with Gasteiger partial charge in [0.15, 0.2) is 6.10 Å². The number of unbranched alkanes of at least 4 members (excludes halogenated alkanes) is 22. The molecule has 60 heavy (non-hydrogen) atoms. The molecule has 0 saturated heterocycles. The van der Waals surface area contributed by atoms with E-state index in [9.17, 15) is 19.0 Å². The van der Waals surface area contributed by atoms with Crippen LogP contribution in [0.15, 0.2) is 48.6 Å². The summed E-state index contributed by atoms with van der Waals surface area (Å²) in [5.74, 6) is -0.829. The fourth-order valence-corrected chi connectivity index (χ4v) is 7.27. The van der Waals surface area contributed by atoms with Gasteiger partial charge in [-0.25, -0.2) is 4.57 Å². The second-order valence-electron chi connectivity index (χ2n) is 17.5. The summed E-state index contributed by atoms with van der Waals surface area (Å²) in [6.45, 7) is 4.37. The predicted molar refractivity (Wildman–Crippen MR) is 252 cm³/mol. The summed E-state index contributed by atoms with van der Waals surface area (Å²) in [7, 11) is 1.46. The quantitative estimate of drug-likeness (QED) is 0.0212. The Kier molecular flexibility index (Phi) is 40.8. The third kappa shape index (κ3) is 45.5. The van der Waals surface area contributed by atoms with Gasteiger partial charge < -0.3 is 18.9 Å². The largest absolute Gasteiger partial charge is 0.472 e. The molecule has 0 bridgehead atoms. The maximum absolute atomic E-state index is 12.7. The molecule has 0 spiro atoms. The zero-order chi connectivity index (χ0) is 44.3. The van der Waals surface area contributed by atoms with E-state index in [1.165, 1.54) is 116 Å². The van der Waals surface area contributed by atoms with Crippen LogP contribution in [0, 0.1) is 0 Å². The lowest BCUT2D eigenvalue weighted by Crippen LogP contribution is -2.37. The van der Waals surface area contributed by atoms with Gasteiger partial charge in [0.1, 0.15) is 19.8 Å². The molecule has 0 aliphatic carbocycles. The fourth-order valence-electron chi connectivity index (χ4n) is 6.53. The van der Waals surface area contributed by atoms with Gasteiger partial charge in [0.25, 0.3) is 0 Å². The van der Waals surface area contributed by atoms with E-state index >= 15 is 0 Å². The molecule has 1 unspecified atom stereocenters. The van der Waals surface area contributed by atoms with Crippen molar-refractivity contribution in [2.45, 2.75) is 213 Å². The molecule has 9 nitrogen and oxygen atoms in total. The van der Waals surface area contributed by atoms with Crippen molar-refractivity contribution >= 4 is 19.8 Å². The minimum atomic E-state index is -4.39. The Balaban J connectivity index is 4.36. The molecular weight excluding hydrogens is 774 g/mol. The molecule has 0 radical (unpaired) electrons. The summed E-state index contributed by atoms with van der Waals surface area (Å²) < 4.78 is 34.4. The number of likely N-dealkylation sites (N-methyl/N-ethyl adjacent to an activating group) is 1. The number of ether oxygens (including phenoxy) is 2. The van der Waals surface area contributed by atoms with Crippen LogP contribution >= 0.6 is 7.82 Å². The average molecular weight is 867 g/mol. The second kappa shape index (κ2) is 42.3. The van der Waals surface area contributed by atoms with Gasteiger partial charge >= 0.3 is 19.8 Å². The zero-order valence-corrected chi connectivity index (χ0v) is 40.3. The van der Waals surface area contributed by atoms with Crippen molar-refractivity contribution in [1.82, 2.24) is 0 Å². The molecule has 0 aliphatic heterocycles. The highest BCUT2D eigenvalue weighted by molar-refractivity contribution is 7.47. The standard InChI is InChI=1S/C50H92NO8P/c1-6-8-10-12-14-16-18-20-22-24-25-27-29-31-33-35-37-39-41-43-50(53)59-48(47-58-60(54,55)57-45-44-51(3,4)5)46-56-49(52)42-40-38-36-34-32-30-28-26-23-21-19-17-15-13-11-9-7-2/h14,16,20,22,25,27,31,33,48H,6-13,15,17-19,21,23-24,26,28-30,32,34-47H2,1-5H3/p+1/b16-14+,22-20+,27-25+,33-31+/t48-/m1/s1. The van der Waals surface area contributed by atoms with Crippen LogP contribution in [0.5, 0.6) is 0 Å². The van der Waals surface area contributed by atoms with E-state index in [1.807, 2.05) is 21.1 Å². The molecule has 0 aliphatic rings. The van der Waals surface area contributed by atoms with E-state index in [4.69, 9.17) is 18.5 Å². The minimum absolute atomic E-state index is 0.0249. The van der Waals surface area contributed by atoms with Gasteiger partial charge in [-0.3, -0.25) is 18.6 Å². The van der Waals surface area contributed by atoms with Gasteiger partial charge in [0, 0.05) is 12.8 Å². The van der Waals surface area contributed by atoms with Crippen molar-refractivity contribution in [2.24, 2.45) is 0 Å². The van der Waals surface area contributed by atoms with E-state index in [0.29, 0.717) is 17.4 Å². The van der Waals surface area contributed by atoms with Crippen LogP contribution in [0.3, 0.4) is 0 Å². The number of carbonyl (C=O) groups is 2. The van der Waals surface area contributed by atoms with Gasteiger partial charge in [-0.2, -0.15) is 0 Å². The molecule has 0 aromatic heterocycles. The van der Waals surface area contributed by atoms with Crippen molar-refractivity contribution in [3.8, 4) is 0 Å². The topological polar surface area (TPSA) is 108 Å². The maximum Gasteiger partial charge on any atom is 0.472 e. The Morgan fingerprint density at radius 1 is 0.517 bits per heavy atom. The number of quaternary nitrogens is 1. The molecule has 10 heteroatoms. The van der Waals surface area contributed by atoms with Crippen molar-refractivity contribution in [3.05, 3.63) is 48.6 Å². The smallest absolute Gasteiger partial charge is 0.462 e. The molecule has 0 heterocycles. The Morgan fingerprint density at radius 2 is 0.900 bits per heavy atom. The van der Waals surface area contributed by atoms with Gasteiger partial charge in [-0.15, -0.1) is 0 Å². The van der Waals surface area contributed by atoms with Gasteiger partial charge in [0.05, 0.1) is 27.7 Å². The van der Waals surface area contributed by atoms with Crippen molar-refractivity contribution < 1.29 is 42.1 Å². The second-order valence-corrected chi connectivity index (χ2v) is 19.0. The van der Waals surface area contributed by atoms with Crippen LogP contribution in [0.2, 0.25) is 0 Å².